The number of carbonyl (C=O) groups is 4. The van der Waals surface area contributed by atoms with Crippen LogP contribution < -0.4 is 15.4 Å². The Morgan fingerprint density at radius 1 is 0.938 bits per heavy atom. The van der Waals surface area contributed by atoms with Gasteiger partial charge in [0.25, 0.3) is 0 Å². The molecule has 4 aliphatic heterocycles. The molecule has 17 heteroatoms. The van der Waals surface area contributed by atoms with Crippen molar-refractivity contribution in [3.63, 3.8) is 0 Å². The summed E-state index contributed by atoms with van der Waals surface area (Å²) in [5.74, 6) is 1.46. The Kier molecular flexibility index (Phi) is 11.9. The van der Waals surface area contributed by atoms with E-state index in [1.807, 2.05) is 37.8 Å². The quantitative estimate of drug-likeness (QED) is 0.0942. The number of fused-ring (bicyclic) bond motifs is 6. The Labute approximate surface area is 370 Å². The third-order valence-electron chi connectivity index (χ3n) is 13.6. The van der Waals surface area contributed by atoms with Crippen molar-refractivity contribution in [2.75, 3.05) is 40.6 Å². The number of hydrogen-bond donors (Lipinski definition) is 5. The summed E-state index contributed by atoms with van der Waals surface area (Å²) in [5.41, 5.74) is 6.41. The Morgan fingerprint density at radius 2 is 1.75 bits per heavy atom. The smallest absolute Gasteiger partial charge is 0.407 e. The van der Waals surface area contributed by atoms with Crippen molar-refractivity contribution in [3.05, 3.63) is 65.9 Å². The summed E-state index contributed by atoms with van der Waals surface area (Å²) in [6.45, 7) is 8.04. The number of methoxy groups -OCH3 is 2. The molecule has 64 heavy (non-hydrogen) atoms. The van der Waals surface area contributed by atoms with Crippen LogP contribution in [-0.4, -0.2) is 118 Å². The summed E-state index contributed by atoms with van der Waals surface area (Å²) in [7, 11) is 2.96. The number of ether oxygens (including phenoxy) is 4. The second-order valence-electron chi connectivity index (χ2n) is 18.0. The number of imidazole rings is 2. The van der Waals surface area contributed by atoms with E-state index in [-0.39, 0.29) is 47.7 Å². The summed E-state index contributed by atoms with van der Waals surface area (Å²) in [6, 6.07) is 12.2. The van der Waals surface area contributed by atoms with Crippen molar-refractivity contribution < 1.29 is 43.2 Å². The summed E-state index contributed by atoms with van der Waals surface area (Å²) in [5, 5.41) is 16.6. The number of alkyl carbamates (subject to hydrolysis) is 1. The third kappa shape index (κ3) is 8.10. The maximum atomic E-state index is 14.4. The molecule has 0 aliphatic carbocycles. The summed E-state index contributed by atoms with van der Waals surface area (Å²) in [6.07, 6.45) is 3.39. The summed E-state index contributed by atoms with van der Waals surface area (Å²) < 4.78 is 22.5. The largest absolute Gasteiger partial charge is 0.488 e. The zero-order valence-electron chi connectivity index (χ0n) is 36.8. The molecule has 338 valence electrons. The van der Waals surface area contributed by atoms with Gasteiger partial charge in [0.2, 0.25) is 11.8 Å². The Morgan fingerprint density at radius 3 is 2.50 bits per heavy atom. The molecule has 4 amide bonds. The first kappa shape index (κ1) is 43.1. The number of aromatic amines is 2. The lowest BCUT2D eigenvalue weighted by Crippen LogP contribution is -2.53. The van der Waals surface area contributed by atoms with Crippen molar-refractivity contribution in [2.24, 2.45) is 17.8 Å². The fourth-order valence-electron chi connectivity index (χ4n) is 10.3. The van der Waals surface area contributed by atoms with Crippen LogP contribution in [0.15, 0.2) is 48.7 Å². The van der Waals surface area contributed by atoms with Crippen LogP contribution in [-0.2, 0) is 30.4 Å². The second-order valence-corrected chi connectivity index (χ2v) is 18.0. The zero-order valence-corrected chi connectivity index (χ0v) is 36.8. The van der Waals surface area contributed by atoms with Crippen molar-refractivity contribution in [1.29, 1.82) is 0 Å². The molecule has 0 spiro atoms. The first-order valence-corrected chi connectivity index (χ1v) is 22.2. The van der Waals surface area contributed by atoms with Gasteiger partial charge in [-0.15, -0.1) is 0 Å². The van der Waals surface area contributed by atoms with Crippen LogP contribution >= 0.6 is 0 Å². The van der Waals surface area contributed by atoms with E-state index in [4.69, 9.17) is 28.9 Å². The van der Waals surface area contributed by atoms with Gasteiger partial charge in [0.15, 0.2) is 0 Å². The van der Waals surface area contributed by atoms with E-state index in [0.717, 1.165) is 61.9 Å². The molecule has 5 N–H and O–H groups in total. The number of aromatic nitrogens is 4. The molecule has 6 atom stereocenters. The van der Waals surface area contributed by atoms with E-state index in [9.17, 15) is 24.3 Å². The fraction of sp³-hybridized carbons (Fsp3) is 0.489. The maximum absolute atomic E-state index is 14.4. The van der Waals surface area contributed by atoms with Crippen LogP contribution in [0.5, 0.6) is 5.75 Å². The summed E-state index contributed by atoms with van der Waals surface area (Å²) >= 11 is 0. The van der Waals surface area contributed by atoms with E-state index in [1.165, 1.54) is 7.11 Å². The first-order chi connectivity index (χ1) is 30.9. The van der Waals surface area contributed by atoms with Crippen LogP contribution in [0.3, 0.4) is 0 Å². The minimum Gasteiger partial charge on any atom is -0.488 e. The van der Waals surface area contributed by atoms with Crippen LogP contribution in [0.4, 0.5) is 9.59 Å². The highest BCUT2D eigenvalue weighted by atomic mass is 16.5. The van der Waals surface area contributed by atoms with Gasteiger partial charge in [0.05, 0.1) is 48.7 Å². The van der Waals surface area contributed by atoms with E-state index in [1.54, 1.807) is 18.2 Å². The molecule has 5 aromatic rings. The SMILES string of the molecule is COC[C@H]1CC(c2ncc(-c3ccc4c(c3)COc3cc5c(ccc6[nH]c(C7CC[C@H](C)N7C(=O)[C@@H](NC(=O)O)C(C)C)nc65)cc3-4)[nH]2)N(C(=O)C(NC(=O)OC)C2CCOCC2)C1. The lowest BCUT2D eigenvalue weighted by Gasteiger charge is -2.34. The lowest BCUT2D eigenvalue weighted by atomic mass is 9.90. The molecule has 0 bridgehead atoms. The monoisotopic (exact) mass is 876 g/mol. The minimum atomic E-state index is -1.22. The molecule has 0 saturated carbocycles. The molecule has 4 aliphatic rings. The van der Waals surface area contributed by atoms with Gasteiger partial charge in [-0.3, -0.25) is 9.59 Å². The number of amides is 4. The highest BCUT2D eigenvalue weighted by Gasteiger charge is 2.44. The van der Waals surface area contributed by atoms with Crippen molar-refractivity contribution in [2.45, 2.75) is 89.7 Å². The topological polar surface area (TPSA) is 213 Å². The predicted octanol–water partition coefficient (Wildman–Crippen LogP) is 6.70. The molecule has 17 nitrogen and oxygen atoms in total. The van der Waals surface area contributed by atoms with Crippen LogP contribution in [0.25, 0.3) is 44.2 Å². The van der Waals surface area contributed by atoms with Crippen molar-refractivity contribution in [1.82, 2.24) is 40.4 Å². The Bertz CT molecular complexity index is 2580. The standard InChI is InChI=1S/C47H56N8O9/c1-24(2)39(52-46(58)59)45(57)55-25(3)6-11-36(55)43-49-34-10-8-28-18-33-31-9-7-29(17-30(31)23-64-38(33)19-32(28)41(34)51-43)35-20-48-42(50-35)37-16-26(22-61-4)21-54(37)44(56)40(53-47(60)62-5)27-12-14-63-15-13-27/h7-10,17-20,24-27,36-37,39-40,52H,6,11-16,21-23H2,1-5H3,(H,48,50)(H,49,51)(H,53,60)(H,58,59)/t25-,26-,36?,37?,39-,40?/m0/s1. The highest BCUT2D eigenvalue weighted by Crippen LogP contribution is 2.44. The summed E-state index contributed by atoms with van der Waals surface area (Å²) in [4.78, 5) is 72.8. The average Bonchev–Trinajstić information content (AvgIpc) is 4.12. The number of H-pyrrole nitrogens is 2. The molecule has 9 rings (SSSR count). The zero-order chi connectivity index (χ0) is 44.8. The molecular formula is C47H56N8O9. The first-order valence-electron chi connectivity index (χ1n) is 22.2. The van der Waals surface area contributed by atoms with Gasteiger partial charge < -0.3 is 54.5 Å². The molecule has 3 unspecified atom stereocenters. The second kappa shape index (κ2) is 17.8. The number of carbonyl (C=O) groups excluding carboxylic acids is 3. The van der Waals surface area contributed by atoms with Gasteiger partial charge in [-0.1, -0.05) is 32.0 Å². The Balaban J connectivity index is 0.970. The normalized spacial score (nSPS) is 22.0. The van der Waals surface area contributed by atoms with Gasteiger partial charge in [-0.25, -0.2) is 19.6 Å². The van der Waals surface area contributed by atoms with Gasteiger partial charge in [-0.05, 0) is 97.2 Å². The molecule has 0 radical (unpaired) electrons. The van der Waals surface area contributed by atoms with Crippen molar-refractivity contribution >= 4 is 45.8 Å². The molecule has 3 fully saturated rings. The van der Waals surface area contributed by atoms with Gasteiger partial charge in [-0.2, -0.15) is 0 Å². The van der Waals surface area contributed by atoms with E-state index >= 15 is 0 Å². The van der Waals surface area contributed by atoms with Crippen molar-refractivity contribution in [3.8, 4) is 28.1 Å². The number of likely N-dealkylation sites (tertiary alicyclic amines) is 2. The van der Waals surface area contributed by atoms with Crippen LogP contribution in [0.1, 0.15) is 82.2 Å². The van der Waals surface area contributed by atoms with Crippen LogP contribution in [0, 0.1) is 17.8 Å². The maximum Gasteiger partial charge on any atom is 0.407 e. The predicted molar refractivity (Wildman–Crippen MR) is 236 cm³/mol. The molecule has 3 aromatic carbocycles. The third-order valence-corrected chi connectivity index (χ3v) is 13.6. The van der Waals surface area contributed by atoms with E-state index in [0.29, 0.717) is 70.3 Å². The Hall–Kier alpha value is -6.20. The van der Waals surface area contributed by atoms with Gasteiger partial charge >= 0.3 is 12.2 Å². The van der Waals surface area contributed by atoms with E-state index < -0.39 is 24.3 Å². The van der Waals surface area contributed by atoms with Gasteiger partial charge in [0, 0.05) is 49.8 Å². The number of carboxylic acid groups (broad SMARTS) is 1. The van der Waals surface area contributed by atoms with Crippen LogP contribution in [0.2, 0.25) is 0 Å². The minimum absolute atomic E-state index is 0.0729. The van der Waals surface area contributed by atoms with E-state index in [2.05, 4.69) is 50.9 Å². The highest BCUT2D eigenvalue weighted by molar-refractivity contribution is 6.07. The number of nitrogens with zero attached hydrogens (tertiary/aromatic N) is 4. The van der Waals surface area contributed by atoms with Gasteiger partial charge in [0.1, 0.15) is 36.1 Å². The number of hydrogen-bond acceptors (Lipinski definition) is 10. The molecule has 3 saturated heterocycles. The molecule has 6 heterocycles. The molecular weight excluding hydrogens is 821 g/mol. The average molecular weight is 877 g/mol. The lowest BCUT2D eigenvalue weighted by molar-refractivity contribution is -0.138. The number of rotatable bonds is 11. The number of nitrogens with one attached hydrogen (secondary N) is 4. The number of benzene rings is 3. The fourth-order valence-corrected chi connectivity index (χ4v) is 10.3. The molecule has 2 aromatic heterocycles.